The molecule has 2 aromatic carbocycles. The number of ketones is 1. The Balaban J connectivity index is 1.89. The lowest BCUT2D eigenvalue weighted by atomic mass is 10.1. The van der Waals surface area contributed by atoms with Gasteiger partial charge in [-0.1, -0.05) is 49.4 Å². The zero-order chi connectivity index (χ0) is 15.1. The Labute approximate surface area is 126 Å². The summed E-state index contributed by atoms with van der Waals surface area (Å²) in [5.74, 6) is 0.147. The highest BCUT2D eigenvalue weighted by atomic mass is 16.1. The fraction of sp³-hybridized carbons (Fsp3) is 0.278. The molecule has 2 aromatic rings. The van der Waals surface area contributed by atoms with Crippen molar-refractivity contribution < 1.29 is 4.79 Å². The van der Waals surface area contributed by atoms with Gasteiger partial charge in [0, 0.05) is 30.8 Å². The van der Waals surface area contributed by atoms with Crippen LogP contribution >= 0.6 is 0 Å². The second-order valence-electron chi connectivity index (χ2n) is 5.15. The van der Waals surface area contributed by atoms with E-state index >= 15 is 0 Å². The first-order chi connectivity index (χ1) is 10.2. The van der Waals surface area contributed by atoms with Crippen LogP contribution in [0.2, 0.25) is 0 Å². The lowest BCUT2D eigenvalue weighted by Gasteiger charge is -2.20. The van der Waals surface area contributed by atoms with Gasteiger partial charge in [-0.15, -0.1) is 0 Å². The zero-order valence-corrected chi connectivity index (χ0v) is 12.5. The number of carbonyl (C=O) groups excluding carboxylic acids is 1. The molecular formula is C18H22N2O. The molecular weight excluding hydrogens is 260 g/mol. The molecule has 0 aliphatic carbocycles. The number of hydrogen-bond donors (Lipinski definition) is 1. The van der Waals surface area contributed by atoms with Gasteiger partial charge in [0.15, 0.2) is 5.78 Å². The molecule has 0 spiro atoms. The first-order valence-corrected chi connectivity index (χ1v) is 7.34. The lowest BCUT2D eigenvalue weighted by molar-refractivity contribution is 0.0963. The van der Waals surface area contributed by atoms with Crippen LogP contribution in [0.3, 0.4) is 0 Å². The third kappa shape index (κ3) is 4.72. The molecule has 3 heteroatoms. The summed E-state index contributed by atoms with van der Waals surface area (Å²) in [4.78, 5) is 14.5. The first kappa shape index (κ1) is 15.3. The maximum Gasteiger partial charge on any atom is 0.164 e. The largest absolute Gasteiger partial charge is 0.399 e. The number of rotatable bonds is 7. The van der Waals surface area contributed by atoms with E-state index in [-0.39, 0.29) is 5.78 Å². The number of nitrogens with zero attached hydrogens (tertiary/aromatic N) is 1. The number of carbonyl (C=O) groups is 1. The smallest absolute Gasteiger partial charge is 0.164 e. The summed E-state index contributed by atoms with van der Waals surface area (Å²) >= 11 is 0. The monoisotopic (exact) mass is 282 g/mol. The molecule has 0 aromatic heterocycles. The molecule has 2 N–H and O–H groups in total. The van der Waals surface area contributed by atoms with Gasteiger partial charge >= 0.3 is 0 Å². The number of anilines is 1. The second-order valence-corrected chi connectivity index (χ2v) is 5.15. The van der Waals surface area contributed by atoms with E-state index in [0.717, 1.165) is 19.6 Å². The van der Waals surface area contributed by atoms with Crippen LogP contribution in [0.5, 0.6) is 0 Å². The Kier molecular flexibility index (Phi) is 5.52. The van der Waals surface area contributed by atoms with Crippen molar-refractivity contribution in [2.75, 3.05) is 18.8 Å². The van der Waals surface area contributed by atoms with Crippen molar-refractivity contribution in [2.24, 2.45) is 0 Å². The summed E-state index contributed by atoms with van der Waals surface area (Å²) in [6, 6.07) is 17.5. The van der Waals surface area contributed by atoms with E-state index in [1.54, 1.807) is 12.1 Å². The molecule has 0 radical (unpaired) electrons. The Morgan fingerprint density at radius 1 is 1.10 bits per heavy atom. The van der Waals surface area contributed by atoms with Crippen molar-refractivity contribution in [3.05, 3.63) is 65.7 Å². The molecule has 110 valence electrons. The van der Waals surface area contributed by atoms with Crippen LogP contribution in [0.15, 0.2) is 54.6 Å². The molecule has 0 atom stereocenters. The SMILES string of the molecule is CCN(CCC(=O)c1cccc(N)c1)Cc1ccccc1. The predicted octanol–water partition coefficient (Wildman–Crippen LogP) is 3.36. The van der Waals surface area contributed by atoms with Crippen molar-refractivity contribution in [3.63, 3.8) is 0 Å². The average Bonchev–Trinajstić information content (AvgIpc) is 2.52. The molecule has 2 rings (SSSR count). The summed E-state index contributed by atoms with van der Waals surface area (Å²) in [7, 11) is 0. The van der Waals surface area contributed by atoms with Crippen molar-refractivity contribution >= 4 is 11.5 Å². The van der Waals surface area contributed by atoms with Gasteiger partial charge in [0.1, 0.15) is 0 Å². The fourth-order valence-electron chi connectivity index (χ4n) is 2.31. The quantitative estimate of drug-likeness (QED) is 0.625. The Morgan fingerprint density at radius 3 is 2.52 bits per heavy atom. The average molecular weight is 282 g/mol. The Bertz CT molecular complexity index is 581. The molecule has 0 amide bonds. The summed E-state index contributed by atoms with van der Waals surface area (Å²) in [5, 5.41) is 0. The van der Waals surface area contributed by atoms with Crippen molar-refractivity contribution in [1.29, 1.82) is 0 Å². The van der Waals surface area contributed by atoms with E-state index in [0.29, 0.717) is 17.7 Å². The standard InChI is InChI=1S/C18H22N2O/c1-2-20(14-15-7-4-3-5-8-15)12-11-18(21)16-9-6-10-17(19)13-16/h3-10,13H,2,11-12,14,19H2,1H3. The Hall–Kier alpha value is -2.13. The fourth-order valence-corrected chi connectivity index (χ4v) is 2.31. The van der Waals surface area contributed by atoms with Crippen LogP contribution in [0.25, 0.3) is 0 Å². The van der Waals surface area contributed by atoms with Gasteiger partial charge in [0.25, 0.3) is 0 Å². The predicted molar refractivity (Wildman–Crippen MR) is 87.2 cm³/mol. The van der Waals surface area contributed by atoms with Gasteiger partial charge in [0.05, 0.1) is 0 Å². The normalized spacial score (nSPS) is 10.8. The molecule has 3 nitrogen and oxygen atoms in total. The lowest BCUT2D eigenvalue weighted by Crippen LogP contribution is -2.25. The summed E-state index contributed by atoms with van der Waals surface area (Å²) < 4.78 is 0. The van der Waals surface area contributed by atoms with E-state index in [9.17, 15) is 4.79 Å². The van der Waals surface area contributed by atoms with Crippen LogP contribution in [0, 0.1) is 0 Å². The maximum absolute atomic E-state index is 12.2. The molecule has 0 fully saturated rings. The molecule has 0 saturated heterocycles. The summed E-state index contributed by atoms with van der Waals surface area (Å²) in [6.07, 6.45) is 0.518. The van der Waals surface area contributed by atoms with Gasteiger partial charge in [-0.3, -0.25) is 9.69 Å². The number of nitrogens with two attached hydrogens (primary N) is 1. The van der Waals surface area contributed by atoms with Crippen LogP contribution in [-0.2, 0) is 6.54 Å². The van der Waals surface area contributed by atoms with Crippen LogP contribution in [-0.4, -0.2) is 23.8 Å². The molecule has 0 heterocycles. The molecule has 0 unspecified atom stereocenters. The van der Waals surface area contributed by atoms with Gasteiger partial charge < -0.3 is 5.73 Å². The van der Waals surface area contributed by atoms with E-state index in [4.69, 9.17) is 5.73 Å². The van der Waals surface area contributed by atoms with Gasteiger partial charge in [0.2, 0.25) is 0 Å². The van der Waals surface area contributed by atoms with Crippen LogP contribution < -0.4 is 5.73 Å². The molecule has 0 bridgehead atoms. The highest BCUT2D eigenvalue weighted by Gasteiger charge is 2.09. The minimum Gasteiger partial charge on any atom is -0.399 e. The van der Waals surface area contributed by atoms with Crippen LogP contribution in [0.4, 0.5) is 5.69 Å². The highest BCUT2D eigenvalue weighted by molar-refractivity contribution is 5.96. The van der Waals surface area contributed by atoms with E-state index in [1.165, 1.54) is 5.56 Å². The van der Waals surface area contributed by atoms with Gasteiger partial charge in [-0.05, 0) is 24.2 Å². The minimum absolute atomic E-state index is 0.147. The molecule has 0 saturated carbocycles. The number of hydrogen-bond acceptors (Lipinski definition) is 3. The number of nitrogen functional groups attached to an aromatic ring is 1. The van der Waals surface area contributed by atoms with Crippen molar-refractivity contribution in [1.82, 2.24) is 4.90 Å². The number of Topliss-reactive ketones (excluding diaryl/α,β-unsaturated/α-hetero) is 1. The molecule has 0 aliphatic rings. The Morgan fingerprint density at radius 2 is 1.86 bits per heavy atom. The second kappa shape index (κ2) is 7.60. The van der Waals surface area contributed by atoms with Crippen molar-refractivity contribution in [2.45, 2.75) is 19.9 Å². The highest BCUT2D eigenvalue weighted by Crippen LogP contribution is 2.10. The minimum atomic E-state index is 0.147. The third-order valence-corrected chi connectivity index (χ3v) is 3.56. The zero-order valence-electron chi connectivity index (χ0n) is 12.5. The van der Waals surface area contributed by atoms with Crippen LogP contribution in [0.1, 0.15) is 29.3 Å². The van der Waals surface area contributed by atoms with Crippen molar-refractivity contribution in [3.8, 4) is 0 Å². The van der Waals surface area contributed by atoms with Gasteiger partial charge in [-0.2, -0.15) is 0 Å². The first-order valence-electron chi connectivity index (χ1n) is 7.34. The maximum atomic E-state index is 12.2. The summed E-state index contributed by atoms with van der Waals surface area (Å²) in [5.41, 5.74) is 8.33. The van der Waals surface area contributed by atoms with E-state index in [2.05, 4.69) is 24.0 Å². The molecule has 0 aliphatic heterocycles. The summed E-state index contributed by atoms with van der Waals surface area (Å²) in [6.45, 7) is 4.69. The van der Waals surface area contributed by atoms with E-state index < -0.39 is 0 Å². The third-order valence-electron chi connectivity index (χ3n) is 3.56. The topological polar surface area (TPSA) is 46.3 Å². The van der Waals surface area contributed by atoms with E-state index in [1.807, 2.05) is 30.3 Å². The number of benzene rings is 2. The molecule has 21 heavy (non-hydrogen) atoms. The van der Waals surface area contributed by atoms with Gasteiger partial charge in [-0.25, -0.2) is 0 Å².